The first-order valence-corrected chi connectivity index (χ1v) is 8.60. The number of para-hydroxylation sites is 3. The maximum atomic E-state index is 12.8. The molecule has 0 radical (unpaired) electrons. The average Bonchev–Trinajstić information content (AvgIpc) is 2.89. The lowest BCUT2D eigenvalue weighted by Gasteiger charge is -2.16. The van der Waals surface area contributed by atoms with Crippen molar-refractivity contribution in [2.45, 2.75) is 26.7 Å². The number of nitrogens with one attached hydrogen (secondary N) is 1. The molecule has 5 nitrogen and oxygen atoms in total. The van der Waals surface area contributed by atoms with Crippen molar-refractivity contribution >= 4 is 11.6 Å². The Morgan fingerprint density at radius 3 is 2.38 bits per heavy atom. The number of aromatic nitrogens is 2. The highest BCUT2D eigenvalue weighted by atomic mass is 16.5. The van der Waals surface area contributed by atoms with Crippen molar-refractivity contribution in [1.82, 2.24) is 9.78 Å². The van der Waals surface area contributed by atoms with Crippen LogP contribution in [0.25, 0.3) is 0 Å². The van der Waals surface area contributed by atoms with E-state index in [1.165, 1.54) is 0 Å². The fraction of sp³-hybridized carbons (Fsp3) is 0.238. The highest BCUT2D eigenvalue weighted by Gasteiger charge is 2.23. The van der Waals surface area contributed by atoms with Crippen molar-refractivity contribution in [1.29, 1.82) is 0 Å². The summed E-state index contributed by atoms with van der Waals surface area (Å²) in [5.41, 5.74) is 3.49. The lowest BCUT2D eigenvalue weighted by Crippen LogP contribution is -2.20. The van der Waals surface area contributed by atoms with Crippen LogP contribution in [0.4, 0.5) is 5.69 Å². The largest absolute Gasteiger partial charge is 0.455 e. The molecule has 1 atom stereocenters. The highest BCUT2D eigenvalue weighted by molar-refractivity contribution is 5.97. The van der Waals surface area contributed by atoms with Crippen LogP contribution in [0.2, 0.25) is 0 Å². The summed E-state index contributed by atoms with van der Waals surface area (Å²) in [4.78, 5) is 12.8. The van der Waals surface area contributed by atoms with Gasteiger partial charge in [0.25, 0.3) is 0 Å². The molecular formula is C21H23N3O2. The first-order valence-electron chi connectivity index (χ1n) is 8.60. The molecule has 5 heteroatoms. The van der Waals surface area contributed by atoms with E-state index >= 15 is 0 Å². The van der Waals surface area contributed by atoms with Gasteiger partial charge in [-0.3, -0.25) is 9.48 Å². The van der Waals surface area contributed by atoms with Crippen molar-refractivity contribution in [2.24, 2.45) is 7.05 Å². The van der Waals surface area contributed by atoms with E-state index in [9.17, 15) is 4.79 Å². The van der Waals surface area contributed by atoms with E-state index in [4.69, 9.17) is 4.74 Å². The smallest absolute Gasteiger partial charge is 0.231 e. The van der Waals surface area contributed by atoms with Gasteiger partial charge in [-0.2, -0.15) is 5.10 Å². The molecule has 26 heavy (non-hydrogen) atoms. The number of carbonyl (C=O) groups excluding carboxylic acids is 1. The Bertz CT molecular complexity index is 916. The Morgan fingerprint density at radius 1 is 1.08 bits per heavy atom. The van der Waals surface area contributed by atoms with E-state index in [0.29, 0.717) is 11.4 Å². The number of carbonyl (C=O) groups is 1. The van der Waals surface area contributed by atoms with Gasteiger partial charge < -0.3 is 10.1 Å². The van der Waals surface area contributed by atoms with Crippen LogP contribution < -0.4 is 10.1 Å². The highest BCUT2D eigenvalue weighted by Crippen LogP contribution is 2.31. The molecule has 1 unspecified atom stereocenters. The van der Waals surface area contributed by atoms with Gasteiger partial charge in [-0.05, 0) is 45.0 Å². The lowest BCUT2D eigenvalue weighted by molar-refractivity contribution is -0.117. The first kappa shape index (κ1) is 17.7. The molecule has 0 saturated carbocycles. The number of benzene rings is 2. The molecule has 0 aliphatic carbocycles. The normalized spacial score (nSPS) is 11.8. The molecule has 0 saturated heterocycles. The van der Waals surface area contributed by atoms with Gasteiger partial charge in [0.1, 0.15) is 5.75 Å². The molecule has 3 rings (SSSR count). The second-order valence-corrected chi connectivity index (χ2v) is 6.33. The summed E-state index contributed by atoms with van der Waals surface area (Å²) in [6, 6.07) is 16.9. The maximum absolute atomic E-state index is 12.8. The molecule has 1 aromatic heterocycles. The molecule has 3 aromatic rings. The minimum absolute atomic E-state index is 0.0895. The van der Waals surface area contributed by atoms with Gasteiger partial charge in [0.15, 0.2) is 5.75 Å². The molecule has 1 heterocycles. The Labute approximate surface area is 153 Å². The van der Waals surface area contributed by atoms with Crippen LogP contribution in [0.1, 0.15) is 29.8 Å². The molecule has 0 aliphatic heterocycles. The third kappa shape index (κ3) is 3.61. The van der Waals surface area contributed by atoms with Crippen molar-refractivity contribution < 1.29 is 9.53 Å². The zero-order valence-electron chi connectivity index (χ0n) is 15.5. The number of rotatable bonds is 5. The molecular weight excluding hydrogens is 326 g/mol. The van der Waals surface area contributed by atoms with Crippen LogP contribution in [0.3, 0.4) is 0 Å². The van der Waals surface area contributed by atoms with Gasteiger partial charge in [0.2, 0.25) is 5.91 Å². The summed E-state index contributed by atoms with van der Waals surface area (Å²) >= 11 is 0. The van der Waals surface area contributed by atoms with E-state index in [0.717, 1.165) is 22.7 Å². The molecule has 0 spiro atoms. The predicted molar refractivity (Wildman–Crippen MR) is 103 cm³/mol. The van der Waals surface area contributed by atoms with E-state index in [2.05, 4.69) is 10.4 Å². The second kappa shape index (κ2) is 7.44. The molecule has 1 amide bonds. The Hall–Kier alpha value is -3.08. The number of amides is 1. The lowest BCUT2D eigenvalue weighted by atomic mass is 9.98. The number of hydrogen-bond donors (Lipinski definition) is 1. The summed E-state index contributed by atoms with van der Waals surface area (Å²) in [5, 5.41) is 7.40. The quantitative estimate of drug-likeness (QED) is 0.734. The molecule has 2 aromatic carbocycles. The van der Waals surface area contributed by atoms with Crippen LogP contribution in [-0.4, -0.2) is 15.7 Å². The maximum Gasteiger partial charge on any atom is 0.231 e. The topological polar surface area (TPSA) is 56.2 Å². The third-order valence-corrected chi connectivity index (χ3v) is 4.51. The SMILES string of the molecule is Cc1nn(C)c(C)c1C(C)C(=O)Nc1ccccc1Oc1ccccc1. The van der Waals surface area contributed by atoms with Crippen molar-refractivity contribution in [3.8, 4) is 11.5 Å². The molecule has 0 fully saturated rings. The Morgan fingerprint density at radius 2 is 1.73 bits per heavy atom. The zero-order valence-corrected chi connectivity index (χ0v) is 15.5. The summed E-state index contributed by atoms with van der Waals surface area (Å²) in [6.45, 7) is 5.80. The predicted octanol–water partition coefficient (Wildman–Crippen LogP) is 4.57. The second-order valence-electron chi connectivity index (χ2n) is 6.33. The van der Waals surface area contributed by atoms with Crippen molar-refractivity contribution in [3.05, 3.63) is 71.5 Å². The fourth-order valence-electron chi connectivity index (χ4n) is 3.06. The van der Waals surface area contributed by atoms with Gasteiger partial charge in [-0.25, -0.2) is 0 Å². The van der Waals surface area contributed by atoms with Crippen LogP contribution in [0.5, 0.6) is 11.5 Å². The van der Waals surface area contributed by atoms with E-state index in [-0.39, 0.29) is 11.8 Å². The molecule has 1 N–H and O–H groups in total. The zero-order chi connectivity index (χ0) is 18.7. The van der Waals surface area contributed by atoms with Gasteiger partial charge in [-0.1, -0.05) is 30.3 Å². The fourth-order valence-corrected chi connectivity index (χ4v) is 3.06. The van der Waals surface area contributed by atoms with Crippen LogP contribution in [0.15, 0.2) is 54.6 Å². The molecule has 0 bridgehead atoms. The van der Waals surface area contributed by atoms with Crippen LogP contribution in [0, 0.1) is 13.8 Å². The third-order valence-electron chi connectivity index (χ3n) is 4.51. The van der Waals surface area contributed by atoms with E-state index < -0.39 is 0 Å². The monoisotopic (exact) mass is 349 g/mol. The number of anilines is 1. The summed E-state index contributed by atoms with van der Waals surface area (Å²) in [7, 11) is 1.89. The van der Waals surface area contributed by atoms with Crippen LogP contribution >= 0.6 is 0 Å². The minimum Gasteiger partial charge on any atom is -0.455 e. The number of ether oxygens (including phenoxy) is 1. The molecule has 134 valence electrons. The minimum atomic E-state index is -0.312. The van der Waals surface area contributed by atoms with E-state index in [1.807, 2.05) is 82.4 Å². The molecule has 0 aliphatic rings. The summed E-state index contributed by atoms with van der Waals surface area (Å²) < 4.78 is 7.72. The Balaban J connectivity index is 1.81. The van der Waals surface area contributed by atoms with Crippen LogP contribution in [-0.2, 0) is 11.8 Å². The number of nitrogens with zero attached hydrogens (tertiary/aromatic N) is 2. The van der Waals surface area contributed by atoms with Gasteiger partial charge in [0.05, 0.1) is 17.3 Å². The van der Waals surface area contributed by atoms with Gasteiger partial charge in [-0.15, -0.1) is 0 Å². The van der Waals surface area contributed by atoms with E-state index in [1.54, 1.807) is 4.68 Å². The first-order chi connectivity index (χ1) is 12.5. The number of hydrogen-bond acceptors (Lipinski definition) is 3. The van der Waals surface area contributed by atoms with Gasteiger partial charge in [0, 0.05) is 18.3 Å². The van der Waals surface area contributed by atoms with Crippen molar-refractivity contribution in [3.63, 3.8) is 0 Å². The van der Waals surface area contributed by atoms with Gasteiger partial charge >= 0.3 is 0 Å². The standard InChI is InChI=1S/C21H23N3O2/c1-14(20-15(2)23-24(4)16(20)3)21(25)22-18-12-8-9-13-19(18)26-17-10-6-5-7-11-17/h5-14H,1-4H3,(H,22,25). The average molecular weight is 349 g/mol. The summed E-state index contributed by atoms with van der Waals surface area (Å²) in [5.74, 6) is 0.932. The number of aryl methyl sites for hydroxylation is 2. The Kier molecular flexibility index (Phi) is 5.07. The van der Waals surface area contributed by atoms with Crippen molar-refractivity contribution in [2.75, 3.05) is 5.32 Å². The summed E-state index contributed by atoms with van der Waals surface area (Å²) in [6.07, 6.45) is 0.